The van der Waals surface area contributed by atoms with E-state index >= 15 is 0 Å². The maximum absolute atomic E-state index is 5.83. The number of piperazine rings is 1. The standard InChI is InChI=1S/C15H24N4OS/c1-3-12(14(16)21)18-8-10-19(11-9-18)15-13(20-4-2)6-5-7-17-15/h5-7,12H,3-4,8-11H2,1-2H3,(H2,16,21). The highest BCUT2D eigenvalue weighted by Gasteiger charge is 2.26. The molecule has 1 aliphatic heterocycles. The Morgan fingerprint density at radius 2 is 2.10 bits per heavy atom. The van der Waals surface area contributed by atoms with Crippen LogP contribution in [0.15, 0.2) is 18.3 Å². The summed E-state index contributed by atoms with van der Waals surface area (Å²) in [6.45, 7) is 8.48. The van der Waals surface area contributed by atoms with E-state index in [1.165, 1.54) is 0 Å². The summed E-state index contributed by atoms with van der Waals surface area (Å²) in [4.78, 5) is 9.71. The monoisotopic (exact) mass is 308 g/mol. The van der Waals surface area contributed by atoms with Crippen LogP contribution in [-0.4, -0.2) is 53.7 Å². The van der Waals surface area contributed by atoms with Crippen LogP contribution in [-0.2, 0) is 0 Å². The van der Waals surface area contributed by atoms with Crippen molar-refractivity contribution in [3.05, 3.63) is 18.3 Å². The molecule has 1 aromatic rings. The Morgan fingerprint density at radius 3 is 2.67 bits per heavy atom. The first-order valence-electron chi connectivity index (χ1n) is 7.53. The van der Waals surface area contributed by atoms with E-state index in [4.69, 9.17) is 22.7 Å². The lowest BCUT2D eigenvalue weighted by Gasteiger charge is -2.39. The van der Waals surface area contributed by atoms with Crippen LogP contribution in [0.5, 0.6) is 5.75 Å². The fraction of sp³-hybridized carbons (Fsp3) is 0.600. The summed E-state index contributed by atoms with van der Waals surface area (Å²) in [7, 11) is 0. The van der Waals surface area contributed by atoms with Gasteiger partial charge in [0.1, 0.15) is 0 Å². The minimum atomic E-state index is 0.206. The van der Waals surface area contributed by atoms with Gasteiger partial charge in [-0.15, -0.1) is 0 Å². The summed E-state index contributed by atoms with van der Waals surface area (Å²) in [5, 5.41) is 0. The molecule has 2 N–H and O–H groups in total. The highest BCUT2D eigenvalue weighted by Crippen LogP contribution is 2.26. The van der Waals surface area contributed by atoms with Crippen LogP contribution in [0.2, 0.25) is 0 Å². The number of anilines is 1. The van der Waals surface area contributed by atoms with Crippen molar-refractivity contribution in [1.29, 1.82) is 0 Å². The van der Waals surface area contributed by atoms with Gasteiger partial charge in [-0.3, -0.25) is 4.90 Å². The summed E-state index contributed by atoms with van der Waals surface area (Å²) in [5.41, 5.74) is 5.83. The molecule has 1 aromatic heterocycles. The van der Waals surface area contributed by atoms with Crippen molar-refractivity contribution in [1.82, 2.24) is 9.88 Å². The van der Waals surface area contributed by atoms with Crippen LogP contribution in [0.1, 0.15) is 20.3 Å². The van der Waals surface area contributed by atoms with Gasteiger partial charge in [-0.25, -0.2) is 4.98 Å². The molecule has 0 aliphatic carbocycles. The second-order valence-electron chi connectivity index (χ2n) is 5.11. The Labute approximate surface area is 132 Å². The number of hydrogen-bond acceptors (Lipinski definition) is 5. The Morgan fingerprint density at radius 1 is 1.38 bits per heavy atom. The van der Waals surface area contributed by atoms with Crippen molar-refractivity contribution < 1.29 is 4.74 Å². The highest BCUT2D eigenvalue weighted by atomic mass is 32.1. The van der Waals surface area contributed by atoms with Gasteiger partial charge >= 0.3 is 0 Å². The van der Waals surface area contributed by atoms with E-state index in [2.05, 4.69) is 21.7 Å². The van der Waals surface area contributed by atoms with Gasteiger partial charge in [-0.1, -0.05) is 19.1 Å². The molecule has 5 nitrogen and oxygen atoms in total. The second kappa shape index (κ2) is 7.56. The van der Waals surface area contributed by atoms with E-state index in [1.807, 2.05) is 25.3 Å². The summed E-state index contributed by atoms with van der Waals surface area (Å²) >= 11 is 5.17. The normalized spacial score (nSPS) is 17.5. The second-order valence-corrected chi connectivity index (χ2v) is 5.58. The van der Waals surface area contributed by atoms with Crippen molar-refractivity contribution in [2.24, 2.45) is 5.73 Å². The maximum Gasteiger partial charge on any atom is 0.171 e. The zero-order chi connectivity index (χ0) is 15.2. The van der Waals surface area contributed by atoms with Gasteiger partial charge in [0.25, 0.3) is 0 Å². The first kappa shape index (κ1) is 16.0. The summed E-state index contributed by atoms with van der Waals surface area (Å²) < 4.78 is 5.67. The van der Waals surface area contributed by atoms with Gasteiger partial charge in [0.15, 0.2) is 11.6 Å². The summed E-state index contributed by atoms with van der Waals surface area (Å²) in [6, 6.07) is 4.09. The minimum absolute atomic E-state index is 0.206. The molecule has 0 spiro atoms. The number of rotatable bonds is 6. The van der Waals surface area contributed by atoms with Crippen molar-refractivity contribution >= 4 is 23.0 Å². The third kappa shape index (κ3) is 3.83. The Balaban J connectivity index is 2.02. The number of ether oxygens (including phenoxy) is 1. The molecule has 1 aliphatic rings. The van der Waals surface area contributed by atoms with E-state index < -0.39 is 0 Å². The van der Waals surface area contributed by atoms with E-state index in [-0.39, 0.29) is 6.04 Å². The quantitative estimate of drug-likeness (QED) is 0.807. The van der Waals surface area contributed by atoms with E-state index in [9.17, 15) is 0 Å². The third-order valence-corrected chi connectivity index (χ3v) is 4.09. The Hall–Kier alpha value is -1.40. The largest absolute Gasteiger partial charge is 0.490 e. The van der Waals surface area contributed by atoms with Gasteiger partial charge < -0.3 is 15.4 Å². The topological polar surface area (TPSA) is 54.6 Å². The summed E-state index contributed by atoms with van der Waals surface area (Å²) in [6.07, 6.45) is 2.77. The number of thiocarbonyl (C=S) groups is 1. The van der Waals surface area contributed by atoms with Crippen molar-refractivity contribution in [2.45, 2.75) is 26.3 Å². The first-order valence-corrected chi connectivity index (χ1v) is 7.94. The van der Waals surface area contributed by atoms with Crippen LogP contribution >= 0.6 is 12.2 Å². The zero-order valence-electron chi connectivity index (χ0n) is 12.8. The SMILES string of the molecule is CCOc1cccnc1N1CCN(C(CC)C(N)=S)CC1. The van der Waals surface area contributed by atoms with Crippen molar-refractivity contribution in [3.8, 4) is 5.75 Å². The average Bonchev–Trinajstić information content (AvgIpc) is 2.49. The average molecular weight is 308 g/mol. The van der Waals surface area contributed by atoms with Gasteiger partial charge in [-0.2, -0.15) is 0 Å². The van der Waals surface area contributed by atoms with E-state index in [0.717, 1.165) is 44.2 Å². The molecule has 2 rings (SSSR count). The van der Waals surface area contributed by atoms with Crippen LogP contribution < -0.4 is 15.4 Å². The molecule has 0 amide bonds. The molecular weight excluding hydrogens is 284 g/mol. The van der Waals surface area contributed by atoms with Crippen LogP contribution in [0.25, 0.3) is 0 Å². The molecule has 1 saturated heterocycles. The molecule has 1 fully saturated rings. The predicted molar refractivity (Wildman–Crippen MR) is 90.1 cm³/mol. The van der Waals surface area contributed by atoms with E-state index in [0.29, 0.717) is 11.6 Å². The van der Waals surface area contributed by atoms with Gasteiger partial charge in [0.2, 0.25) is 0 Å². The van der Waals surface area contributed by atoms with E-state index in [1.54, 1.807) is 0 Å². The van der Waals surface area contributed by atoms with Crippen molar-refractivity contribution in [3.63, 3.8) is 0 Å². The van der Waals surface area contributed by atoms with Gasteiger partial charge in [0, 0.05) is 32.4 Å². The smallest absolute Gasteiger partial charge is 0.171 e. The molecule has 0 aromatic carbocycles. The molecule has 0 bridgehead atoms. The molecular formula is C15H24N4OS. The summed E-state index contributed by atoms with van der Waals surface area (Å²) in [5.74, 6) is 1.79. The highest BCUT2D eigenvalue weighted by molar-refractivity contribution is 7.80. The minimum Gasteiger partial charge on any atom is -0.490 e. The molecule has 116 valence electrons. The number of pyridine rings is 1. The van der Waals surface area contributed by atoms with Crippen LogP contribution in [0, 0.1) is 0 Å². The lowest BCUT2D eigenvalue weighted by molar-refractivity contribution is 0.223. The molecule has 21 heavy (non-hydrogen) atoms. The number of aromatic nitrogens is 1. The molecule has 0 radical (unpaired) electrons. The lowest BCUT2D eigenvalue weighted by atomic mass is 10.1. The Kier molecular flexibility index (Phi) is 5.76. The number of hydrogen-bond donors (Lipinski definition) is 1. The van der Waals surface area contributed by atoms with Crippen molar-refractivity contribution in [2.75, 3.05) is 37.7 Å². The Bertz CT molecular complexity index is 474. The first-order chi connectivity index (χ1) is 10.2. The number of nitrogens with zero attached hydrogens (tertiary/aromatic N) is 3. The van der Waals surface area contributed by atoms with Crippen LogP contribution in [0.3, 0.4) is 0 Å². The van der Waals surface area contributed by atoms with Crippen LogP contribution in [0.4, 0.5) is 5.82 Å². The molecule has 6 heteroatoms. The number of nitrogens with two attached hydrogens (primary N) is 1. The molecule has 1 unspecified atom stereocenters. The zero-order valence-corrected chi connectivity index (χ0v) is 13.6. The maximum atomic E-state index is 5.83. The third-order valence-electron chi connectivity index (χ3n) is 3.82. The van der Waals surface area contributed by atoms with Gasteiger partial charge in [0.05, 0.1) is 17.6 Å². The molecule has 0 saturated carbocycles. The van der Waals surface area contributed by atoms with Gasteiger partial charge in [-0.05, 0) is 25.5 Å². The lowest BCUT2D eigenvalue weighted by Crippen LogP contribution is -2.53. The fourth-order valence-electron chi connectivity index (χ4n) is 2.77. The predicted octanol–water partition coefficient (Wildman–Crippen LogP) is 1.67. The fourth-order valence-corrected chi connectivity index (χ4v) is 3.09. The molecule has 2 heterocycles. The molecule has 1 atom stereocenters.